The van der Waals surface area contributed by atoms with Crippen molar-refractivity contribution in [2.24, 2.45) is 5.84 Å². The number of hydrogen-bond donors (Lipinski definition) is 2. The van der Waals surface area contributed by atoms with E-state index in [1.807, 2.05) is 29.7 Å². The zero-order valence-corrected chi connectivity index (χ0v) is 12.2. The van der Waals surface area contributed by atoms with E-state index in [4.69, 9.17) is 10.6 Å². The molecule has 2 aromatic rings. The molecule has 0 bridgehead atoms. The lowest BCUT2D eigenvalue weighted by Gasteiger charge is -2.05. The highest BCUT2D eigenvalue weighted by Crippen LogP contribution is 2.21. The van der Waals surface area contributed by atoms with Gasteiger partial charge in [-0.1, -0.05) is 12.1 Å². The molecule has 1 heterocycles. The predicted molar refractivity (Wildman–Crippen MR) is 77.3 cm³/mol. The summed E-state index contributed by atoms with van der Waals surface area (Å²) >= 11 is 3.44. The first-order chi connectivity index (χ1) is 8.70. The molecule has 2 rings (SSSR count). The van der Waals surface area contributed by atoms with Crippen LogP contribution in [0.25, 0.3) is 0 Å². The van der Waals surface area contributed by atoms with Crippen molar-refractivity contribution >= 4 is 39.8 Å². The molecule has 94 valence electrons. The second-order valence-electron chi connectivity index (χ2n) is 3.34. The number of nitrogens with zero attached hydrogens (tertiary/aromatic N) is 1. The van der Waals surface area contributed by atoms with Gasteiger partial charge in [0, 0.05) is 5.38 Å². The van der Waals surface area contributed by atoms with Crippen LogP contribution in [0.2, 0.25) is 0 Å². The molecule has 0 fully saturated rings. The van der Waals surface area contributed by atoms with E-state index in [2.05, 4.69) is 27.6 Å². The minimum absolute atomic E-state index is 0.328. The number of nitrogens with one attached hydrogen (secondary N) is 1. The summed E-state index contributed by atoms with van der Waals surface area (Å²) in [7, 11) is 0. The highest BCUT2D eigenvalue weighted by atomic mass is 127. The van der Waals surface area contributed by atoms with Crippen molar-refractivity contribution in [3.8, 4) is 5.75 Å². The zero-order chi connectivity index (χ0) is 13.0. The Morgan fingerprint density at radius 2 is 2.28 bits per heavy atom. The van der Waals surface area contributed by atoms with Gasteiger partial charge in [0.2, 0.25) is 0 Å². The van der Waals surface area contributed by atoms with Gasteiger partial charge in [-0.15, -0.1) is 11.3 Å². The molecule has 0 saturated heterocycles. The number of amides is 1. The van der Waals surface area contributed by atoms with Gasteiger partial charge < -0.3 is 4.74 Å². The minimum Gasteiger partial charge on any atom is -0.486 e. The molecule has 18 heavy (non-hydrogen) atoms. The van der Waals surface area contributed by atoms with Crippen molar-refractivity contribution in [1.29, 1.82) is 0 Å². The number of thiazole rings is 1. The highest BCUT2D eigenvalue weighted by Gasteiger charge is 2.10. The second kappa shape index (κ2) is 6.12. The molecule has 1 amide bonds. The number of rotatable bonds is 4. The largest absolute Gasteiger partial charge is 0.486 e. The number of hydrazine groups is 1. The van der Waals surface area contributed by atoms with Crippen molar-refractivity contribution in [3.05, 3.63) is 43.9 Å². The fourth-order valence-electron chi connectivity index (χ4n) is 1.25. The van der Waals surface area contributed by atoms with Crippen LogP contribution >= 0.6 is 33.9 Å². The molecule has 7 heteroatoms. The SMILES string of the molecule is NNC(=O)c1nc(COc2ccccc2I)cs1. The number of ether oxygens (including phenoxy) is 1. The monoisotopic (exact) mass is 375 g/mol. The van der Waals surface area contributed by atoms with Crippen LogP contribution < -0.4 is 16.0 Å². The molecule has 0 atom stereocenters. The summed E-state index contributed by atoms with van der Waals surface area (Å²) in [6.07, 6.45) is 0. The van der Waals surface area contributed by atoms with Gasteiger partial charge in [0.15, 0.2) is 5.01 Å². The van der Waals surface area contributed by atoms with Crippen LogP contribution in [0.5, 0.6) is 5.75 Å². The van der Waals surface area contributed by atoms with Crippen LogP contribution in [0.3, 0.4) is 0 Å². The number of nitrogens with two attached hydrogens (primary N) is 1. The van der Waals surface area contributed by atoms with E-state index in [9.17, 15) is 4.79 Å². The van der Waals surface area contributed by atoms with E-state index in [0.717, 1.165) is 9.32 Å². The maximum absolute atomic E-state index is 11.2. The number of para-hydroxylation sites is 1. The third kappa shape index (κ3) is 3.18. The van der Waals surface area contributed by atoms with Crippen LogP contribution in [0.4, 0.5) is 0 Å². The summed E-state index contributed by atoms with van der Waals surface area (Å²) in [5, 5.41) is 2.11. The minimum atomic E-state index is -0.388. The molecule has 0 spiro atoms. The van der Waals surface area contributed by atoms with Gasteiger partial charge in [-0.05, 0) is 34.7 Å². The lowest BCUT2D eigenvalue weighted by molar-refractivity contribution is 0.0953. The smallest absolute Gasteiger partial charge is 0.294 e. The first-order valence-electron chi connectivity index (χ1n) is 5.03. The molecule has 1 aromatic carbocycles. The first kappa shape index (κ1) is 13.2. The molecule has 3 N–H and O–H groups in total. The van der Waals surface area contributed by atoms with Gasteiger partial charge in [-0.25, -0.2) is 10.8 Å². The van der Waals surface area contributed by atoms with Crippen molar-refractivity contribution in [2.75, 3.05) is 0 Å². The Balaban J connectivity index is 2.01. The van der Waals surface area contributed by atoms with Gasteiger partial charge in [-0.3, -0.25) is 10.2 Å². The standard InChI is InChI=1S/C11H10IN3O2S/c12-8-3-1-2-4-9(8)17-5-7-6-18-11(14-7)10(16)15-13/h1-4,6H,5,13H2,(H,15,16). The Kier molecular flexibility index (Phi) is 4.50. The first-order valence-corrected chi connectivity index (χ1v) is 6.99. The number of carbonyl (C=O) groups is 1. The van der Waals surface area contributed by atoms with E-state index in [1.165, 1.54) is 11.3 Å². The van der Waals surface area contributed by atoms with Crippen molar-refractivity contribution < 1.29 is 9.53 Å². The number of carbonyl (C=O) groups excluding carboxylic acids is 1. The van der Waals surface area contributed by atoms with Crippen LogP contribution in [0.15, 0.2) is 29.6 Å². The van der Waals surface area contributed by atoms with Crippen molar-refractivity contribution in [3.63, 3.8) is 0 Å². The number of nitrogen functional groups attached to an aromatic ring is 1. The predicted octanol–water partition coefficient (Wildman–Crippen LogP) is 1.93. The number of halogens is 1. The van der Waals surface area contributed by atoms with E-state index in [1.54, 1.807) is 5.38 Å². The van der Waals surface area contributed by atoms with E-state index in [-0.39, 0.29) is 5.91 Å². The zero-order valence-electron chi connectivity index (χ0n) is 9.22. The van der Waals surface area contributed by atoms with Gasteiger partial charge in [0.1, 0.15) is 12.4 Å². The van der Waals surface area contributed by atoms with Crippen LogP contribution in [-0.4, -0.2) is 10.9 Å². The summed E-state index contributed by atoms with van der Waals surface area (Å²) in [6.45, 7) is 0.328. The molecular formula is C11H10IN3O2S. The Morgan fingerprint density at radius 3 is 3.00 bits per heavy atom. The average molecular weight is 375 g/mol. The van der Waals surface area contributed by atoms with Crippen LogP contribution in [0.1, 0.15) is 15.5 Å². The van der Waals surface area contributed by atoms with Gasteiger partial charge in [0.05, 0.1) is 9.26 Å². The lowest BCUT2D eigenvalue weighted by Crippen LogP contribution is -2.29. The van der Waals surface area contributed by atoms with Crippen LogP contribution in [0, 0.1) is 3.57 Å². The lowest BCUT2D eigenvalue weighted by atomic mass is 10.3. The summed E-state index contributed by atoms with van der Waals surface area (Å²) in [5.41, 5.74) is 2.75. The molecule has 1 aromatic heterocycles. The van der Waals surface area contributed by atoms with Gasteiger partial charge >= 0.3 is 0 Å². The molecule has 0 aliphatic carbocycles. The van der Waals surface area contributed by atoms with Gasteiger partial charge in [0.25, 0.3) is 5.91 Å². The summed E-state index contributed by atoms with van der Waals surface area (Å²) in [5.74, 6) is 5.45. The number of benzene rings is 1. The van der Waals surface area contributed by atoms with E-state index < -0.39 is 0 Å². The fourth-order valence-corrected chi connectivity index (χ4v) is 2.50. The highest BCUT2D eigenvalue weighted by molar-refractivity contribution is 14.1. The quantitative estimate of drug-likeness (QED) is 0.371. The third-order valence-corrected chi connectivity index (χ3v) is 3.87. The molecular weight excluding hydrogens is 365 g/mol. The van der Waals surface area contributed by atoms with Crippen LogP contribution in [-0.2, 0) is 6.61 Å². The molecule has 0 unspecified atom stereocenters. The summed E-state index contributed by atoms with van der Waals surface area (Å²) in [4.78, 5) is 15.3. The van der Waals surface area contributed by atoms with E-state index >= 15 is 0 Å². The molecule has 0 aliphatic rings. The average Bonchev–Trinajstić information content (AvgIpc) is 2.86. The van der Waals surface area contributed by atoms with Crippen molar-refractivity contribution in [2.45, 2.75) is 6.61 Å². The maximum atomic E-state index is 11.2. The third-order valence-electron chi connectivity index (χ3n) is 2.09. The summed E-state index contributed by atoms with van der Waals surface area (Å²) < 4.78 is 6.66. The Morgan fingerprint density at radius 1 is 1.50 bits per heavy atom. The molecule has 0 aliphatic heterocycles. The summed E-state index contributed by atoms with van der Waals surface area (Å²) in [6, 6.07) is 7.71. The molecule has 0 saturated carbocycles. The molecule has 5 nitrogen and oxygen atoms in total. The number of hydrogen-bond acceptors (Lipinski definition) is 5. The molecule has 0 radical (unpaired) electrons. The van der Waals surface area contributed by atoms with E-state index in [0.29, 0.717) is 17.3 Å². The Labute approximate surface area is 121 Å². The Bertz CT molecular complexity index is 559. The number of aromatic nitrogens is 1. The van der Waals surface area contributed by atoms with Gasteiger partial charge in [-0.2, -0.15) is 0 Å². The van der Waals surface area contributed by atoms with Crippen molar-refractivity contribution in [1.82, 2.24) is 10.4 Å². The maximum Gasteiger partial charge on any atom is 0.294 e. The normalized spacial score (nSPS) is 10.1. The second-order valence-corrected chi connectivity index (χ2v) is 5.36. The Hall–Kier alpha value is -1.19. The fraction of sp³-hybridized carbons (Fsp3) is 0.0909. The topological polar surface area (TPSA) is 77.2 Å².